The highest BCUT2D eigenvalue weighted by molar-refractivity contribution is 7.87. The van der Waals surface area contributed by atoms with Crippen molar-refractivity contribution in [2.75, 3.05) is 0 Å². The first kappa shape index (κ1) is 17.7. The Hall–Kier alpha value is -2.71. The third kappa shape index (κ3) is 2.90. The average molecular weight is 376 g/mol. The fourth-order valence-corrected chi connectivity index (χ4v) is 7.62. The number of aryl methyl sites for hydroxylation is 4. The van der Waals surface area contributed by atoms with E-state index in [0.29, 0.717) is 0 Å². The molecule has 27 heavy (non-hydrogen) atoms. The molecule has 0 atom stereocenters. The topological polar surface area (TPSA) is 27.1 Å². The van der Waals surface area contributed by atoms with Crippen LogP contribution in [0.2, 0.25) is 0 Å². The largest absolute Gasteiger partial charge is 0.349 e. The minimum Gasteiger partial charge on any atom is -0.349 e. The van der Waals surface area contributed by atoms with E-state index in [4.69, 9.17) is 4.74 Å². The van der Waals surface area contributed by atoms with Crippen LogP contribution in [0.25, 0.3) is 0 Å². The summed E-state index contributed by atoms with van der Waals surface area (Å²) in [7, 11) is 4.09. The van der Waals surface area contributed by atoms with Gasteiger partial charge < -0.3 is 13.7 Å². The van der Waals surface area contributed by atoms with Crippen molar-refractivity contribution in [3.63, 3.8) is 0 Å². The van der Waals surface area contributed by atoms with Gasteiger partial charge in [0.1, 0.15) is 7.05 Å². The summed E-state index contributed by atoms with van der Waals surface area (Å²) in [4.78, 5) is 0. The SMILES string of the molecule is Cc1ccc(N=P(c2cccn2C)(c2cccn2C)c2cccn2C)cc1. The van der Waals surface area contributed by atoms with Crippen LogP contribution in [0.5, 0.6) is 0 Å². The number of benzene rings is 1. The minimum absolute atomic E-state index is 1.01. The van der Waals surface area contributed by atoms with Gasteiger partial charge in [0.05, 0.1) is 22.0 Å². The molecule has 4 aromatic rings. The predicted octanol–water partition coefficient (Wildman–Crippen LogP) is 3.82. The van der Waals surface area contributed by atoms with E-state index in [9.17, 15) is 0 Å². The lowest BCUT2D eigenvalue weighted by atomic mass is 10.2. The molecule has 0 N–H and O–H groups in total. The summed E-state index contributed by atoms with van der Waals surface area (Å²) in [5.41, 5.74) is 5.98. The highest BCUT2D eigenvalue weighted by Gasteiger charge is 2.33. The average Bonchev–Trinajstić information content (AvgIpc) is 3.37. The lowest BCUT2D eigenvalue weighted by Crippen LogP contribution is -2.34. The molecule has 5 heteroatoms. The fourth-order valence-electron chi connectivity index (χ4n) is 3.66. The lowest BCUT2D eigenvalue weighted by molar-refractivity contribution is 0.939. The predicted molar refractivity (Wildman–Crippen MR) is 115 cm³/mol. The summed E-state index contributed by atoms with van der Waals surface area (Å²) >= 11 is 0. The Morgan fingerprint density at radius 2 is 1.04 bits per heavy atom. The molecule has 0 bridgehead atoms. The lowest BCUT2D eigenvalue weighted by Gasteiger charge is -2.27. The second-order valence-corrected chi connectivity index (χ2v) is 9.85. The molecule has 0 saturated carbocycles. The molecule has 0 aliphatic rings. The van der Waals surface area contributed by atoms with Crippen molar-refractivity contribution >= 4 is 29.0 Å². The molecule has 0 amide bonds. The summed E-state index contributed by atoms with van der Waals surface area (Å²) in [5, 5.41) is 0. The maximum absolute atomic E-state index is 5.49. The maximum Gasteiger partial charge on any atom is 0.108 e. The van der Waals surface area contributed by atoms with Gasteiger partial charge in [0.15, 0.2) is 0 Å². The van der Waals surface area contributed by atoms with E-state index in [1.165, 1.54) is 21.9 Å². The Balaban J connectivity index is 2.17. The Labute approximate surface area is 160 Å². The van der Waals surface area contributed by atoms with E-state index in [1.807, 2.05) is 0 Å². The maximum atomic E-state index is 5.49. The van der Waals surface area contributed by atoms with Crippen molar-refractivity contribution in [1.82, 2.24) is 13.7 Å². The molecular formula is C22H25N4P. The van der Waals surface area contributed by atoms with Crippen LogP contribution in [0, 0.1) is 6.92 Å². The van der Waals surface area contributed by atoms with Gasteiger partial charge in [-0.15, -0.1) is 0 Å². The number of hydrogen-bond acceptors (Lipinski definition) is 1. The second kappa shape index (κ2) is 6.79. The summed E-state index contributed by atoms with van der Waals surface area (Å²) in [5.74, 6) is 0. The van der Waals surface area contributed by atoms with Gasteiger partial charge in [0, 0.05) is 39.7 Å². The zero-order valence-corrected chi connectivity index (χ0v) is 17.1. The van der Waals surface area contributed by atoms with Gasteiger partial charge >= 0.3 is 0 Å². The monoisotopic (exact) mass is 376 g/mol. The van der Waals surface area contributed by atoms with E-state index in [0.717, 1.165) is 5.69 Å². The molecule has 0 saturated heterocycles. The van der Waals surface area contributed by atoms with E-state index in [1.54, 1.807) is 0 Å². The molecule has 138 valence electrons. The van der Waals surface area contributed by atoms with Gasteiger partial charge in [0.2, 0.25) is 0 Å². The van der Waals surface area contributed by atoms with Crippen LogP contribution in [0.15, 0.2) is 84.0 Å². The van der Waals surface area contributed by atoms with Crippen LogP contribution >= 0.6 is 7.05 Å². The molecular weight excluding hydrogens is 351 g/mol. The first-order valence-corrected chi connectivity index (χ1v) is 10.8. The molecule has 0 radical (unpaired) electrons. The number of hydrogen-bond donors (Lipinski definition) is 0. The Kier molecular flexibility index (Phi) is 4.45. The first-order chi connectivity index (χ1) is 13.0. The zero-order valence-electron chi connectivity index (χ0n) is 16.2. The quantitative estimate of drug-likeness (QED) is 0.484. The number of nitrogens with zero attached hydrogens (tertiary/aromatic N) is 4. The number of aromatic nitrogens is 3. The normalized spacial score (nSPS) is 11.7. The van der Waals surface area contributed by atoms with Gasteiger partial charge in [-0.05, 0) is 55.5 Å². The molecule has 4 rings (SSSR count). The van der Waals surface area contributed by atoms with Crippen molar-refractivity contribution in [2.45, 2.75) is 6.92 Å². The van der Waals surface area contributed by atoms with Crippen molar-refractivity contribution in [1.29, 1.82) is 0 Å². The standard InChI is InChI=1S/C22H25N4P/c1-18-11-13-19(14-12-18)23-27(20-8-5-15-24(20)2,21-9-6-16-25(21)3)22-10-7-17-26(22)4/h5-17H,1-4H3. The molecule has 0 fully saturated rings. The fraction of sp³-hybridized carbons (Fsp3) is 0.182. The summed E-state index contributed by atoms with van der Waals surface area (Å²) < 4.78 is 12.1. The summed E-state index contributed by atoms with van der Waals surface area (Å²) in [6.45, 7) is 2.11. The third-order valence-corrected chi connectivity index (χ3v) is 8.96. The van der Waals surface area contributed by atoms with Crippen LogP contribution in [-0.4, -0.2) is 13.7 Å². The summed E-state index contributed by atoms with van der Waals surface area (Å²) in [6.07, 6.45) is 6.34. The van der Waals surface area contributed by atoms with Crippen LogP contribution in [-0.2, 0) is 21.1 Å². The molecule has 0 unspecified atom stereocenters. The Bertz CT molecular complexity index is 1020. The Morgan fingerprint density at radius 3 is 1.37 bits per heavy atom. The van der Waals surface area contributed by atoms with Gasteiger partial charge in [-0.1, -0.05) is 17.7 Å². The van der Waals surface area contributed by atoms with Crippen LogP contribution in [0.4, 0.5) is 5.69 Å². The zero-order chi connectivity index (χ0) is 19.0. The molecule has 0 spiro atoms. The van der Waals surface area contributed by atoms with Crippen LogP contribution < -0.4 is 16.3 Å². The second-order valence-electron chi connectivity index (χ2n) is 7.00. The smallest absolute Gasteiger partial charge is 0.108 e. The third-order valence-electron chi connectivity index (χ3n) is 5.04. The van der Waals surface area contributed by atoms with Crippen molar-refractivity contribution in [2.24, 2.45) is 25.9 Å². The minimum atomic E-state index is -2.25. The molecule has 0 aliphatic carbocycles. The molecule has 3 aromatic heterocycles. The van der Waals surface area contributed by atoms with E-state index >= 15 is 0 Å². The van der Waals surface area contributed by atoms with Crippen LogP contribution in [0.3, 0.4) is 0 Å². The van der Waals surface area contributed by atoms with Crippen LogP contribution in [0.1, 0.15) is 5.56 Å². The van der Waals surface area contributed by atoms with Crippen molar-refractivity contribution < 1.29 is 0 Å². The highest BCUT2D eigenvalue weighted by Crippen LogP contribution is 2.49. The molecule has 3 heterocycles. The molecule has 0 aliphatic heterocycles. The van der Waals surface area contributed by atoms with E-state index in [2.05, 4.69) is 121 Å². The number of rotatable bonds is 4. The van der Waals surface area contributed by atoms with Crippen molar-refractivity contribution in [3.05, 3.63) is 84.8 Å². The summed E-state index contributed by atoms with van der Waals surface area (Å²) in [6, 6.07) is 21.5. The first-order valence-electron chi connectivity index (χ1n) is 9.07. The van der Waals surface area contributed by atoms with E-state index in [-0.39, 0.29) is 0 Å². The van der Waals surface area contributed by atoms with Gasteiger partial charge in [-0.2, -0.15) is 0 Å². The molecule has 4 nitrogen and oxygen atoms in total. The Morgan fingerprint density at radius 1 is 0.630 bits per heavy atom. The van der Waals surface area contributed by atoms with Gasteiger partial charge in [-0.3, -0.25) is 0 Å². The van der Waals surface area contributed by atoms with Crippen molar-refractivity contribution in [3.8, 4) is 0 Å². The molecule has 1 aromatic carbocycles. The highest BCUT2D eigenvalue weighted by atomic mass is 31.2. The van der Waals surface area contributed by atoms with E-state index < -0.39 is 7.05 Å². The van der Waals surface area contributed by atoms with Gasteiger partial charge in [0.25, 0.3) is 0 Å². The van der Waals surface area contributed by atoms with Gasteiger partial charge in [-0.25, -0.2) is 4.74 Å².